The van der Waals surface area contributed by atoms with E-state index in [1.165, 1.54) is 0 Å². The van der Waals surface area contributed by atoms with E-state index in [1.807, 2.05) is 18.2 Å². The SMILES string of the molecule is CCC=CC=C1COC2(CCC(CO)O2)C1O. The Bertz CT molecular complexity index is 323. The van der Waals surface area contributed by atoms with Gasteiger partial charge in [-0.1, -0.05) is 25.2 Å². The maximum absolute atomic E-state index is 10.2. The Balaban J connectivity index is 2.05. The summed E-state index contributed by atoms with van der Waals surface area (Å²) >= 11 is 0. The average molecular weight is 240 g/mol. The molecule has 1 spiro atoms. The zero-order valence-corrected chi connectivity index (χ0v) is 10.1. The van der Waals surface area contributed by atoms with Gasteiger partial charge in [-0.2, -0.15) is 0 Å². The second-order valence-electron chi connectivity index (χ2n) is 4.54. The van der Waals surface area contributed by atoms with Crippen molar-refractivity contribution in [1.29, 1.82) is 0 Å². The second kappa shape index (κ2) is 5.31. The number of ether oxygens (including phenoxy) is 2. The molecule has 2 heterocycles. The molecule has 0 aromatic carbocycles. The molecule has 3 atom stereocenters. The predicted molar refractivity (Wildman–Crippen MR) is 63.4 cm³/mol. The average Bonchev–Trinajstić information content (AvgIpc) is 2.89. The normalized spacial score (nSPS) is 40.1. The summed E-state index contributed by atoms with van der Waals surface area (Å²) in [6.07, 6.45) is 7.24. The van der Waals surface area contributed by atoms with Crippen molar-refractivity contribution in [2.24, 2.45) is 0 Å². The number of rotatable bonds is 3. The van der Waals surface area contributed by atoms with Crippen molar-refractivity contribution in [3.63, 3.8) is 0 Å². The summed E-state index contributed by atoms with van der Waals surface area (Å²) < 4.78 is 11.2. The van der Waals surface area contributed by atoms with E-state index >= 15 is 0 Å². The number of aliphatic hydroxyl groups is 2. The van der Waals surface area contributed by atoms with Crippen LogP contribution < -0.4 is 0 Å². The standard InChI is InChI=1S/C13H20O4/c1-2-3-4-5-10-9-16-13(12(10)15)7-6-11(8-14)17-13/h3-5,11-12,14-15H,2,6-9H2,1H3. The summed E-state index contributed by atoms with van der Waals surface area (Å²) in [7, 11) is 0. The number of hydrogen-bond acceptors (Lipinski definition) is 4. The van der Waals surface area contributed by atoms with Crippen LogP contribution in [0.1, 0.15) is 26.2 Å². The van der Waals surface area contributed by atoms with Gasteiger partial charge in [-0.05, 0) is 18.4 Å². The molecular formula is C13H20O4. The van der Waals surface area contributed by atoms with Gasteiger partial charge >= 0.3 is 0 Å². The van der Waals surface area contributed by atoms with Crippen molar-refractivity contribution >= 4 is 0 Å². The molecule has 0 aromatic heterocycles. The Morgan fingerprint density at radius 1 is 1.53 bits per heavy atom. The summed E-state index contributed by atoms with van der Waals surface area (Å²) in [4.78, 5) is 0. The smallest absolute Gasteiger partial charge is 0.199 e. The van der Waals surface area contributed by atoms with E-state index in [9.17, 15) is 5.11 Å². The molecule has 2 aliphatic rings. The molecule has 0 amide bonds. The lowest BCUT2D eigenvalue weighted by Crippen LogP contribution is -2.40. The molecule has 2 rings (SSSR count). The fourth-order valence-corrected chi connectivity index (χ4v) is 2.31. The Morgan fingerprint density at radius 3 is 3.00 bits per heavy atom. The Labute approximate surface area is 102 Å². The van der Waals surface area contributed by atoms with E-state index in [2.05, 4.69) is 6.92 Å². The van der Waals surface area contributed by atoms with Crippen LogP contribution in [-0.4, -0.2) is 41.4 Å². The van der Waals surface area contributed by atoms with Crippen molar-refractivity contribution in [3.05, 3.63) is 23.8 Å². The van der Waals surface area contributed by atoms with Gasteiger partial charge in [0.2, 0.25) is 0 Å². The molecular weight excluding hydrogens is 220 g/mol. The van der Waals surface area contributed by atoms with Crippen molar-refractivity contribution in [2.75, 3.05) is 13.2 Å². The first kappa shape index (κ1) is 12.8. The second-order valence-corrected chi connectivity index (χ2v) is 4.54. The first-order chi connectivity index (χ1) is 8.22. The van der Waals surface area contributed by atoms with Gasteiger partial charge in [0.05, 0.1) is 19.3 Å². The van der Waals surface area contributed by atoms with Crippen LogP contribution in [-0.2, 0) is 9.47 Å². The molecule has 2 fully saturated rings. The fourth-order valence-electron chi connectivity index (χ4n) is 2.31. The van der Waals surface area contributed by atoms with Crippen molar-refractivity contribution in [1.82, 2.24) is 0 Å². The topological polar surface area (TPSA) is 58.9 Å². The molecule has 17 heavy (non-hydrogen) atoms. The van der Waals surface area contributed by atoms with Gasteiger partial charge < -0.3 is 19.7 Å². The van der Waals surface area contributed by atoms with Gasteiger partial charge in [-0.3, -0.25) is 0 Å². The van der Waals surface area contributed by atoms with Gasteiger partial charge in [-0.25, -0.2) is 0 Å². The number of hydrogen-bond donors (Lipinski definition) is 2. The largest absolute Gasteiger partial charge is 0.394 e. The molecule has 0 aromatic rings. The van der Waals surface area contributed by atoms with E-state index in [1.54, 1.807) is 0 Å². The first-order valence-corrected chi connectivity index (χ1v) is 6.18. The Kier molecular flexibility index (Phi) is 3.99. The zero-order chi connectivity index (χ0) is 12.3. The Morgan fingerprint density at radius 2 is 2.35 bits per heavy atom. The van der Waals surface area contributed by atoms with E-state index in [-0.39, 0.29) is 12.7 Å². The van der Waals surface area contributed by atoms with E-state index in [0.29, 0.717) is 13.0 Å². The van der Waals surface area contributed by atoms with Crippen LogP contribution in [0, 0.1) is 0 Å². The third-order valence-electron chi connectivity index (χ3n) is 3.32. The molecule has 2 N–H and O–H groups in total. The minimum Gasteiger partial charge on any atom is -0.394 e. The highest BCUT2D eigenvalue weighted by Gasteiger charge is 2.52. The van der Waals surface area contributed by atoms with Gasteiger partial charge in [0.15, 0.2) is 5.79 Å². The third-order valence-corrected chi connectivity index (χ3v) is 3.32. The molecule has 0 radical (unpaired) electrons. The molecule has 4 heteroatoms. The van der Waals surface area contributed by atoms with Crippen LogP contribution in [0.2, 0.25) is 0 Å². The summed E-state index contributed by atoms with van der Waals surface area (Å²) in [5.41, 5.74) is 0.841. The van der Waals surface area contributed by atoms with Crippen molar-refractivity contribution < 1.29 is 19.7 Å². The molecule has 0 aliphatic carbocycles. The maximum atomic E-state index is 10.2. The number of allylic oxidation sites excluding steroid dienone is 3. The zero-order valence-electron chi connectivity index (χ0n) is 10.1. The monoisotopic (exact) mass is 240 g/mol. The summed E-state index contributed by atoms with van der Waals surface area (Å²) in [5, 5.41) is 19.3. The molecule has 96 valence electrons. The lowest BCUT2D eigenvalue weighted by atomic mass is 10.0. The van der Waals surface area contributed by atoms with E-state index < -0.39 is 11.9 Å². The van der Waals surface area contributed by atoms with E-state index in [4.69, 9.17) is 14.6 Å². The lowest BCUT2D eigenvalue weighted by molar-refractivity contribution is -0.237. The van der Waals surface area contributed by atoms with Gasteiger partial charge in [0.1, 0.15) is 6.10 Å². The first-order valence-electron chi connectivity index (χ1n) is 6.18. The Hall–Kier alpha value is -0.680. The van der Waals surface area contributed by atoms with Crippen molar-refractivity contribution in [3.8, 4) is 0 Å². The quantitative estimate of drug-likeness (QED) is 0.776. The van der Waals surface area contributed by atoms with Crippen LogP contribution in [0.5, 0.6) is 0 Å². The highest BCUT2D eigenvalue weighted by atomic mass is 16.7. The molecule has 0 saturated carbocycles. The van der Waals surface area contributed by atoms with Gasteiger partial charge in [-0.15, -0.1) is 0 Å². The van der Waals surface area contributed by atoms with Gasteiger partial charge in [0.25, 0.3) is 0 Å². The molecule has 0 bridgehead atoms. The fraction of sp³-hybridized carbons (Fsp3) is 0.692. The van der Waals surface area contributed by atoms with E-state index in [0.717, 1.165) is 18.4 Å². The molecule has 2 aliphatic heterocycles. The molecule has 2 saturated heterocycles. The number of aliphatic hydroxyl groups excluding tert-OH is 2. The van der Waals surface area contributed by atoms with Crippen molar-refractivity contribution in [2.45, 2.75) is 44.2 Å². The summed E-state index contributed by atoms with van der Waals surface area (Å²) in [6.45, 7) is 2.43. The third kappa shape index (κ3) is 2.45. The summed E-state index contributed by atoms with van der Waals surface area (Å²) in [6, 6.07) is 0. The highest BCUT2D eigenvalue weighted by Crippen LogP contribution is 2.41. The van der Waals surface area contributed by atoms with Gasteiger partial charge in [0, 0.05) is 6.42 Å². The van der Waals surface area contributed by atoms with Crippen LogP contribution in [0.3, 0.4) is 0 Å². The van der Waals surface area contributed by atoms with Crippen LogP contribution in [0.25, 0.3) is 0 Å². The molecule has 3 unspecified atom stereocenters. The summed E-state index contributed by atoms with van der Waals surface area (Å²) in [5.74, 6) is -0.917. The van der Waals surface area contributed by atoms with Crippen LogP contribution in [0.4, 0.5) is 0 Å². The lowest BCUT2D eigenvalue weighted by Gasteiger charge is -2.26. The highest BCUT2D eigenvalue weighted by molar-refractivity contribution is 5.23. The predicted octanol–water partition coefficient (Wildman–Crippen LogP) is 1.14. The maximum Gasteiger partial charge on any atom is 0.199 e. The minimum atomic E-state index is -0.917. The minimum absolute atomic E-state index is 0.0212. The van der Waals surface area contributed by atoms with Crippen LogP contribution in [0.15, 0.2) is 23.8 Å². The van der Waals surface area contributed by atoms with Crippen LogP contribution >= 0.6 is 0 Å². The molecule has 4 nitrogen and oxygen atoms in total.